The molecule has 2 nitrogen and oxygen atoms in total. The van der Waals surface area contributed by atoms with Gasteiger partial charge in [-0.3, -0.25) is 4.79 Å². The lowest BCUT2D eigenvalue weighted by Gasteiger charge is -2.19. The Morgan fingerprint density at radius 3 is 2.78 bits per heavy atom. The third-order valence-corrected chi connectivity index (χ3v) is 3.86. The molecule has 1 aromatic carbocycles. The van der Waals surface area contributed by atoms with E-state index in [1.54, 1.807) is 0 Å². The van der Waals surface area contributed by atoms with E-state index in [2.05, 4.69) is 30.8 Å². The first-order valence-corrected chi connectivity index (χ1v) is 6.64. The zero-order chi connectivity index (χ0) is 13.0. The predicted molar refractivity (Wildman–Crippen MR) is 74.2 cm³/mol. The molecule has 18 heavy (non-hydrogen) atoms. The lowest BCUT2D eigenvalue weighted by molar-refractivity contribution is -0.130. The highest BCUT2D eigenvalue weighted by molar-refractivity contribution is 5.81. The van der Waals surface area contributed by atoms with Crippen molar-refractivity contribution in [2.75, 3.05) is 7.05 Å². The Balaban J connectivity index is 1.90. The van der Waals surface area contributed by atoms with Crippen molar-refractivity contribution in [3.63, 3.8) is 0 Å². The normalized spacial score (nSPS) is 23.4. The Hall–Kier alpha value is -1.57. The standard InChI is InChI=1S/C16H21NO/c1-3-7-14-12-15(17(2)16(14)18)11-10-13-8-5-4-6-9-13/h3-6,8-9,14-15H,1,7,10-12H2,2H3. The van der Waals surface area contributed by atoms with E-state index in [-0.39, 0.29) is 11.8 Å². The third-order valence-electron chi connectivity index (χ3n) is 3.86. The molecule has 1 aliphatic rings. The van der Waals surface area contributed by atoms with Crippen LogP contribution in [-0.2, 0) is 11.2 Å². The molecule has 0 bridgehead atoms. The van der Waals surface area contributed by atoms with Gasteiger partial charge in [-0.2, -0.15) is 0 Å². The second-order valence-electron chi connectivity index (χ2n) is 5.08. The van der Waals surface area contributed by atoms with Gasteiger partial charge in [0.05, 0.1) is 0 Å². The van der Waals surface area contributed by atoms with Gasteiger partial charge in [0.1, 0.15) is 0 Å². The van der Waals surface area contributed by atoms with E-state index in [1.165, 1.54) is 5.56 Å². The van der Waals surface area contributed by atoms with Crippen LogP contribution in [-0.4, -0.2) is 23.9 Å². The highest BCUT2D eigenvalue weighted by Gasteiger charge is 2.35. The largest absolute Gasteiger partial charge is 0.342 e. The van der Waals surface area contributed by atoms with Gasteiger partial charge in [-0.05, 0) is 31.2 Å². The summed E-state index contributed by atoms with van der Waals surface area (Å²) in [5.74, 6) is 0.446. The van der Waals surface area contributed by atoms with Crippen LogP contribution in [0.5, 0.6) is 0 Å². The van der Waals surface area contributed by atoms with E-state index in [0.717, 1.165) is 25.7 Å². The quantitative estimate of drug-likeness (QED) is 0.728. The lowest BCUT2D eigenvalue weighted by Crippen LogP contribution is -2.29. The number of benzene rings is 1. The van der Waals surface area contributed by atoms with Gasteiger partial charge in [-0.15, -0.1) is 6.58 Å². The molecule has 2 unspecified atom stereocenters. The fourth-order valence-corrected chi connectivity index (χ4v) is 2.74. The van der Waals surface area contributed by atoms with E-state index >= 15 is 0 Å². The number of hydrogen-bond donors (Lipinski definition) is 0. The van der Waals surface area contributed by atoms with Crippen LogP contribution in [0.3, 0.4) is 0 Å². The second-order valence-corrected chi connectivity index (χ2v) is 5.08. The molecule has 1 heterocycles. The maximum absolute atomic E-state index is 12.0. The number of hydrogen-bond acceptors (Lipinski definition) is 1. The minimum Gasteiger partial charge on any atom is -0.342 e. The minimum absolute atomic E-state index is 0.160. The summed E-state index contributed by atoms with van der Waals surface area (Å²) in [4.78, 5) is 13.9. The number of carbonyl (C=O) groups is 1. The van der Waals surface area contributed by atoms with Gasteiger partial charge in [0, 0.05) is 19.0 Å². The number of allylic oxidation sites excluding steroid dienone is 1. The van der Waals surface area contributed by atoms with E-state index in [1.807, 2.05) is 24.1 Å². The Morgan fingerprint density at radius 2 is 2.11 bits per heavy atom. The number of carbonyl (C=O) groups excluding carboxylic acids is 1. The summed E-state index contributed by atoms with van der Waals surface area (Å²) in [5, 5.41) is 0. The summed E-state index contributed by atoms with van der Waals surface area (Å²) < 4.78 is 0. The van der Waals surface area contributed by atoms with Crippen molar-refractivity contribution in [2.45, 2.75) is 31.7 Å². The summed E-state index contributed by atoms with van der Waals surface area (Å²) in [7, 11) is 1.93. The van der Waals surface area contributed by atoms with Crippen LogP contribution in [0.2, 0.25) is 0 Å². The molecule has 0 spiro atoms. The summed E-state index contributed by atoms with van der Waals surface area (Å²) in [6.07, 6.45) is 5.75. The molecule has 96 valence electrons. The molecule has 0 aliphatic carbocycles. The molecule has 0 N–H and O–H groups in total. The zero-order valence-corrected chi connectivity index (χ0v) is 11.0. The molecule has 1 aromatic rings. The van der Waals surface area contributed by atoms with E-state index in [4.69, 9.17) is 0 Å². The summed E-state index contributed by atoms with van der Waals surface area (Å²) in [5.41, 5.74) is 1.35. The van der Waals surface area contributed by atoms with E-state index < -0.39 is 0 Å². The number of aryl methyl sites for hydroxylation is 1. The van der Waals surface area contributed by atoms with E-state index in [9.17, 15) is 4.79 Å². The maximum Gasteiger partial charge on any atom is 0.226 e. The second kappa shape index (κ2) is 5.85. The van der Waals surface area contributed by atoms with Gasteiger partial charge in [0.25, 0.3) is 0 Å². The summed E-state index contributed by atoms with van der Waals surface area (Å²) in [6.45, 7) is 3.73. The average Bonchev–Trinajstić information content (AvgIpc) is 2.66. The van der Waals surface area contributed by atoms with Gasteiger partial charge in [-0.25, -0.2) is 0 Å². The molecule has 1 saturated heterocycles. The van der Waals surface area contributed by atoms with Crippen molar-refractivity contribution in [3.8, 4) is 0 Å². The van der Waals surface area contributed by atoms with Gasteiger partial charge in [0.2, 0.25) is 5.91 Å². The average molecular weight is 243 g/mol. The molecule has 1 aliphatic heterocycles. The Kier molecular flexibility index (Phi) is 4.19. The van der Waals surface area contributed by atoms with Gasteiger partial charge < -0.3 is 4.90 Å². The van der Waals surface area contributed by atoms with Crippen LogP contribution < -0.4 is 0 Å². The van der Waals surface area contributed by atoms with Crippen LogP contribution in [0.25, 0.3) is 0 Å². The Bertz CT molecular complexity index is 412. The van der Waals surface area contributed by atoms with Crippen molar-refractivity contribution < 1.29 is 4.79 Å². The molecule has 1 fully saturated rings. The molecule has 2 rings (SSSR count). The summed E-state index contributed by atoms with van der Waals surface area (Å²) in [6, 6.07) is 10.9. The van der Waals surface area contributed by atoms with Crippen molar-refractivity contribution in [2.24, 2.45) is 5.92 Å². The highest BCUT2D eigenvalue weighted by Crippen LogP contribution is 2.28. The number of likely N-dealkylation sites (tertiary alicyclic amines) is 1. The predicted octanol–water partition coefficient (Wildman–Crippen LogP) is 3.04. The van der Waals surface area contributed by atoms with Crippen molar-refractivity contribution in [3.05, 3.63) is 48.6 Å². The van der Waals surface area contributed by atoms with Crippen molar-refractivity contribution in [1.82, 2.24) is 4.90 Å². The number of amides is 1. The third kappa shape index (κ3) is 2.81. The molecule has 2 heteroatoms. The zero-order valence-electron chi connectivity index (χ0n) is 11.0. The molecular weight excluding hydrogens is 222 g/mol. The minimum atomic E-state index is 0.160. The van der Waals surface area contributed by atoms with Crippen LogP contribution >= 0.6 is 0 Å². The van der Waals surface area contributed by atoms with Crippen molar-refractivity contribution in [1.29, 1.82) is 0 Å². The Labute approximate surface area is 109 Å². The van der Waals surface area contributed by atoms with Crippen molar-refractivity contribution >= 4 is 5.91 Å². The number of nitrogens with zero attached hydrogens (tertiary/aromatic N) is 1. The molecule has 2 atom stereocenters. The molecule has 0 saturated carbocycles. The number of rotatable bonds is 5. The fraction of sp³-hybridized carbons (Fsp3) is 0.438. The first kappa shape index (κ1) is 12.9. The first-order valence-electron chi connectivity index (χ1n) is 6.64. The first-order chi connectivity index (χ1) is 8.72. The summed E-state index contributed by atoms with van der Waals surface area (Å²) >= 11 is 0. The smallest absolute Gasteiger partial charge is 0.226 e. The molecule has 0 radical (unpaired) electrons. The molecule has 0 aromatic heterocycles. The fourth-order valence-electron chi connectivity index (χ4n) is 2.74. The topological polar surface area (TPSA) is 20.3 Å². The lowest BCUT2D eigenvalue weighted by atomic mass is 9.97. The van der Waals surface area contributed by atoms with Crippen LogP contribution in [0, 0.1) is 5.92 Å². The monoisotopic (exact) mass is 243 g/mol. The van der Waals surface area contributed by atoms with Gasteiger partial charge in [-0.1, -0.05) is 36.4 Å². The molecule has 1 amide bonds. The Morgan fingerprint density at radius 1 is 1.39 bits per heavy atom. The van der Waals surface area contributed by atoms with Crippen LogP contribution in [0.4, 0.5) is 0 Å². The van der Waals surface area contributed by atoms with Crippen LogP contribution in [0.1, 0.15) is 24.8 Å². The van der Waals surface area contributed by atoms with Gasteiger partial charge in [0.15, 0.2) is 0 Å². The maximum atomic E-state index is 12.0. The van der Waals surface area contributed by atoms with Gasteiger partial charge >= 0.3 is 0 Å². The van der Waals surface area contributed by atoms with E-state index in [0.29, 0.717) is 6.04 Å². The molecular formula is C16H21NO. The van der Waals surface area contributed by atoms with Crippen LogP contribution in [0.15, 0.2) is 43.0 Å². The highest BCUT2D eigenvalue weighted by atomic mass is 16.2. The SMILES string of the molecule is C=CCC1CC(CCc2ccccc2)N(C)C1=O.